The quantitative estimate of drug-likeness (QED) is 0.732. The van der Waals surface area contributed by atoms with Crippen LogP contribution in [0.25, 0.3) is 0 Å². The average Bonchev–Trinajstić information content (AvgIpc) is 2.25. The maximum atomic E-state index is 8.76. The van der Waals surface area contributed by atoms with Crippen molar-refractivity contribution in [3.63, 3.8) is 0 Å². The lowest BCUT2D eigenvalue weighted by atomic mass is 9.74. The van der Waals surface area contributed by atoms with Gasteiger partial charge in [0.1, 0.15) is 0 Å². The second-order valence-corrected chi connectivity index (χ2v) is 5.50. The molecule has 1 saturated heterocycles. The summed E-state index contributed by atoms with van der Waals surface area (Å²) in [5.41, 5.74) is 0. The van der Waals surface area contributed by atoms with Crippen molar-refractivity contribution in [2.45, 2.75) is 65.6 Å². The standard InChI is InChI=1S/C14H28O2/c1-10-11(2)14(8-6-5-7-9-15)13(4)16-12(10)3/h10-15H,5-9H2,1-4H3/t10-,11-,12+,13?,14+/m0/s1. The van der Waals surface area contributed by atoms with Crippen molar-refractivity contribution >= 4 is 0 Å². The summed E-state index contributed by atoms with van der Waals surface area (Å²) in [6.45, 7) is 9.42. The van der Waals surface area contributed by atoms with Crippen molar-refractivity contribution in [3.05, 3.63) is 0 Å². The molecule has 1 N–H and O–H groups in total. The predicted octanol–water partition coefficient (Wildman–Crippen LogP) is 3.23. The van der Waals surface area contributed by atoms with Crippen LogP contribution in [0.3, 0.4) is 0 Å². The second kappa shape index (κ2) is 6.61. The van der Waals surface area contributed by atoms with Crippen LogP contribution in [0.5, 0.6) is 0 Å². The normalized spacial score (nSPS) is 39.9. The van der Waals surface area contributed by atoms with E-state index in [1.54, 1.807) is 0 Å². The highest BCUT2D eigenvalue weighted by molar-refractivity contribution is 4.84. The van der Waals surface area contributed by atoms with Gasteiger partial charge in [-0.15, -0.1) is 0 Å². The van der Waals surface area contributed by atoms with Crippen LogP contribution in [-0.2, 0) is 4.74 Å². The van der Waals surface area contributed by atoms with Crippen molar-refractivity contribution in [2.24, 2.45) is 17.8 Å². The number of hydrogen-bond donors (Lipinski definition) is 1. The molecular formula is C14H28O2. The van der Waals surface area contributed by atoms with E-state index in [1.165, 1.54) is 12.8 Å². The SMILES string of the molecule is CC1O[C@H](C)[C@@H](C)[C@H](C)[C@H]1CCCCCO. The minimum atomic E-state index is 0.333. The van der Waals surface area contributed by atoms with Gasteiger partial charge >= 0.3 is 0 Å². The summed E-state index contributed by atoms with van der Waals surface area (Å²) in [4.78, 5) is 0. The summed E-state index contributed by atoms with van der Waals surface area (Å²) in [6, 6.07) is 0. The predicted molar refractivity (Wildman–Crippen MR) is 67.4 cm³/mol. The van der Waals surface area contributed by atoms with Crippen LogP contribution in [0.2, 0.25) is 0 Å². The number of rotatable bonds is 5. The summed E-state index contributed by atoms with van der Waals surface area (Å²) in [5, 5.41) is 8.76. The van der Waals surface area contributed by atoms with Crippen LogP contribution in [-0.4, -0.2) is 23.9 Å². The Morgan fingerprint density at radius 3 is 2.19 bits per heavy atom. The third-order valence-electron chi connectivity index (χ3n) is 4.47. The summed E-state index contributed by atoms with van der Waals surface area (Å²) in [7, 11) is 0. The molecule has 0 aromatic heterocycles. The molecule has 1 aliphatic heterocycles. The van der Waals surface area contributed by atoms with Gasteiger partial charge in [0, 0.05) is 6.61 Å². The Balaban J connectivity index is 2.38. The van der Waals surface area contributed by atoms with Crippen molar-refractivity contribution < 1.29 is 9.84 Å². The maximum Gasteiger partial charge on any atom is 0.0581 e. The van der Waals surface area contributed by atoms with Crippen molar-refractivity contribution in [3.8, 4) is 0 Å². The van der Waals surface area contributed by atoms with E-state index >= 15 is 0 Å². The molecule has 1 heterocycles. The first-order valence-electron chi connectivity index (χ1n) is 6.84. The lowest BCUT2D eigenvalue weighted by Crippen LogP contribution is -2.43. The number of hydrogen-bond acceptors (Lipinski definition) is 2. The molecule has 0 aliphatic carbocycles. The molecular weight excluding hydrogens is 200 g/mol. The van der Waals surface area contributed by atoms with Crippen LogP contribution in [0.15, 0.2) is 0 Å². The van der Waals surface area contributed by atoms with E-state index in [-0.39, 0.29) is 0 Å². The van der Waals surface area contributed by atoms with Gasteiger partial charge in [-0.25, -0.2) is 0 Å². The summed E-state index contributed by atoms with van der Waals surface area (Å²) >= 11 is 0. The molecule has 2 nitrogen and oxygen atoms in total. The zero-order valence-electron chi connectivity index (χ0n) is 11.3. The fourth-order valence-electron chi connectivity index (χ4n) is 2.97. The van der Waals surface area contributed by atoms with Crippen LogP contribution in [0.4, 0.5) is 0 Å². The average molecular weight is 228 g/mol. The Hall–Kier alpha value is -0.0800. The molecule has 0 spiro atoms. The number of unbranched alkanes of at least 4 members (excludes halogenated alkanes) is 2. The molecule has 1 unspecified atom stereocenters. The Morgan fingerprint density at radius 2 is 1.56 bits per heavy atom. The minimum absolute atomic E-state index is 0.333. The second-order valence-electron chi connectivity index (χ2n) is 5.50. The van der Waals surface area contributed by atoms with E-state index in [0.717, 1.165) is 18.8 Å². The highest BCUT2D eigenvalue weighted by Gasteiger charge is 2.36. The lowest BCUT2D eigenvalue weighted by Gasteiger charge is -2.43. The van der Waals surface area contributed by atoms with E-state index in [1.807, 2.05) is 0 Å². The molecule has 96 valence electrons. The zero-order chi connectivity index (χ0) is 12.1. The number of ether oxygens (including phenoxy) is 1. The van der Waals surface area contributed by atoms with E-state index in [2.05, 4.69) is 27.7 Å². The molecule has 0 saturated carbocycles. The number of aliphatic hydroxyl groups excluding tert-OH is 1. The summed E-state index contributed by atoms with van der Waals surface area (Å²) < 4.78 is 5.99. The van der Waals surface area contributed by atoms with E-state index in [9.17, 15) is 0 Å². The van der Waals surface area contributed by atoms with E-state index in [4.69, 9.17) is 9.84 Å². The van der Waals surface area contributed by atoms with Gasteiger partial charge in [-0.3, -0.25) is 0 Å². The molecule has 0 radical (unpaired) electrons. The first-order valence-corrected chi connectivity index (χ1v) is 6.84. The van der Waals surface area contributed by atoms with Gasteiger partial charge in [-0.05, 0) is 44.4 Å². The Morgan fingerprint density at radius 1 is 0.875 bits per heavy atom. The Kier molecular flexibility index (Phi) is 5.77. The van der Waals surface area contributed by atoms with Crippen molar-refractivity contribution in [2.75, 3.05) is 6.61 Å². The molecule has 0 bridgehead atoms. The summed E-state index contributed by atoms with van der Waals surface area (Å²) in [6.07, 6.45) is 5.37. The first-order chi connectivity index (χ1) is 7.57. The highest BCUT2D eigenvalue weighted by atomic mass is 16.5. The van der Waals surface area contributed by atoms with Crippen LogP contribution >= 0.6 is 0 Å². The largest absolute Gasteiger partial charge is 0.396 e. The van der Waals surface area contributed by atoms with Crippen molar-refractivity contribution in [1.82, 2.24) is 0 Å². The smallest absolute Gasteiger partial charge is 0.0581 e. The molecule has 1 rings (SSSR count). The van der Waals surface area contributed by atoms with Crippen LogP contribution in [0.1, 0.15) is 53.4 Å². The van der Waals surface area contributed by atoms with Crippen LogP contribution < -0.4 is 0 Å². The molecule has 2 heteroatoms. The van der Waals surface area contributed by atoms with Gasteiger partial charge in [0.2, 0.25) is 0 Å². The molecule has 0 aromatic rings. The molecule has 5 atom stereocenters. The fourth-order valence-corrected chi connectivity index (χ4v) is 2.97. The molecule has 0 amide bonds. The topological polar surface area (TPSA) is 29.5 Å². The molecule has 16 heavy (non-hydrogen) atoms. The highest BCUT2D eigenvalue weighted by Crippen LogP contribution is 2.37. The molecule has 0 aromatic carbocycles. The monoisotopic (exact) mass is 228 g/mol. The third kappa shape index (κ3) is 3.46. The fraction of sp³-hybridized carbons (Fsp3) is 1.00. The van der Waals surface area contributed by atoms with Gasteiger partial charge in [0.25, 0.3) is 0 Å². The van der Waals surface area contributed by atoms with Gasteiger partial charge in [-0.1, -0.05) is 26.7 Å². The Labute approximate surface area is 100 Å². The van der Waals surface area contributed by atoms with Gasteiger partial charge in [0.15, 0.2) is 0 Å². The van der Waals surface area contributed by atoms with Gasteiger partial charge in [-0.2, -0.15) is 0 Å². The van der Waals surface area contributed by atoms with E-state index in [0.29, 0.717) is 30.7 Å². The minimum Gasteiger partial charge on any atom is -0.396 e. The van der Waals surface area contributed by atoms with Crippen molar-refractivity contribution in [1.29, 1.82) is 0 Å². The number of aliphatic hydroxyl groups is 1. The van der Waals surface area contributed by atoms with Gasteiger partial charge < -0.3 is 9.84 Å². The maximum absolute atomic E-state index is 8.76. The lowest BCUT2D eigenvalue weighted by molar-refractivity contribution is -0.123. The van der Waals surface area contributed by atoms with Crippen LogP contribution in [0, 0.1) is 17.8 Å². The third-order valence-corrected chi connectivity index (χ3v) is 4.47. The molecule has 1 aliphatic rings. The Bertz CT molecular complexity index is 193. The van der Waals surface area contributed by atoms with Gasteiger partial charge in [0.05, 0.1) is 12.2 Å². The molecule has 1 fully saturated rings. The summed E-state index contributed by atoms with van der Waals surface area (Å²) in [5.74, 6) is 2.12. The van der Waals surface area contributed by atoms with E-state index < -0.39 is 0 Å². The zero-order valence-corrected chi connectivity index (χ0v) is 11.3. The first kappa shape index (κ1) is 14.0.